The Labute approximate surface area is 195 Å². The number of carboxylic acid groups (broad SMARTS) is 1. The fraction of sp³-hybridized carbons (Fsp3) is 0.379. The van der Waals surface area contributed by atoms with Gasteiger partial charge in [0, 0.05) is 16.8 Å². The van der Waals surface area contributed by atoms with Gasteiger partial charge >= 0.3 is 5.97 Å². The zero-order valence-electron chi connectivity index (χ0n) is 19.8. The summed E-state index contributed by atoms with van der Waals surface area (Å²) in [6, 6.07) is 17.0. The highest BCUT2D eigenvalue weighted by atomic mass is 16.4. The summed E-state index contributed by atoms with van der Waals surface area (Å²) < 4.78 is 2.28. The van der Waals surface area contributed by atoms with Crippen molar-refractivity contribution in [3.05, 3.63) is 82.2 Å². The lowest BCUT2D eigenvalue weighted by Gasteiger charge is -2.20. The van der Waals surface area contributed by atoms with Gasteiger partial charge in [0.15, 0.2) is 0 Å². The minimum absolute atomic E-state index is 0.267. The van der Waals surface area contributed by atoms with E-state index in [-0.39, 0.29) is 11.8 Å². The molecule has 0 radical (unpaired) electrons. The molecule has 0 bridgehead atoms. The molecule has 2 aromatic carbocycles. The summed E-state index contributed by atoms with van der Waals surface area (Å²) in [5.41, 5.74) is 9.30. The Morgan fingerprint density at radius 1 is 1.12 bits per heavy atom. The predicted molar refractivity (Wildman–Crippen MR) is 133 cm³/mol. The van der Waals surface area contributed by atoms with Gasteiger partial charge in [0.2, 0.25) is 0 Å². The standard InChI is InChI=1S/C29H32N2O2/c1-4-24-18(2)30-27-17-25-23(10-7-11-26(25)31(27)19(24)3)16-20-12-14-22(15-13-20)28(29(32)33)21-8-5-6-9-21/h7,10-15,17,21,28H,4-6,8-9,16H2,1-3H3,(H,32,33)/t28-/m0/s1. The van der Waals surface area contributed by atoms with Crippen LogP contribution in [-0.4, -0.2) is 20.5 Å². The molecule has 0 spiro atoms. The third-order valence-corrected chi connectivity index (χ3v) is 7.63. The van der Waals surface area contributed by atoms with E-state index >= 15 is 0 Å². The first-order valence-corrected chi connectivity index (χ1v) is 12.2. The number of hydrogen-bond acceptors (Lipinski definition) is 2. The van der Waals surface area contributed by atoms with Crippen molar-refractivity contribution in [1.82, 2.24) is 9.38 Å². The molecule has 1 saturated carbocycles. The Kier molecular flexibility index (Phi) is 5.69. The van der Waals surface area contributed by atoms with Gasteiger partial charge in [-0.3, -0.25) is 9.20 Å². The maximum atomic E-state index is 12.0. The molecule has 0 unspecified atom stereocenters. The fourth-order valence-corrected chi connectivity index (χ4v) is 5.98. The van der Waals surface area contributed by atoms with Gasteiger partial charge in [0.1, 0.15) is 5.65 Å². The molecule has 4 nitrogen and oxygen atoms in total. The lowest BCUT2D eigenvalue weighted by atomic mass is 9.84. The van der Waals surface area contributed by atoms with E-state index in [4.69, 9.17) is 4.98 Å². The highest BCUT2D eigenvalue weighted by Crippen LogP contribution is 2.38. The second kappa shape index (κ2) is 8.66. The van der Waals surface area contributed by atoms with Crippen LogP contribution >= 0.6 is 0 Å². The van der Waals surface area contributed by atoms with Crippen LogP contribution in [0.4, 0.5) is 0 Å². The molecular formula is C29H32N2O2. The molecule has 33 heavy (non-hydrogen) atoms. The fourth-order valence-electron chi connectivity index (χ4n) is 5.98. The van der Waals surface area contributed by atoms with Gasteiger partial charge in [-0.05, 0) is 79.8 Å². The number of carboxylic acids is 1. The smallest absolute Gasteiger partial charge is 0.311 e. The van der Waals surface area contributed by atoms with Gasteiger partial charge < -0.3 is 5.11 Å². The van der Waals surface area contributed by atoms with Gasteiger partial charge in [0.05, 0.1) is 11.4 Å². The molecule has 2 aromatic heterocycles. The van der Waals surface area contributed by atoms with Gasteiger partial charge in [-0.2, -0.15) is 0 Å². The highest BCUT2D eigenvalue weighted by molar-refractivity contribution is 5.89. The summed E-state index contributed by atoms with van der Waals surface area (Å²) in [7, 11) is 0. The van der Waals surface area contributed by atoms with E-state index in [0.717, 1.165) is 55.4 Å². The summed E-state index contributed by atoms with van der Waals surface area (Å²) in [5, 5.41) is 11.1. The molecular weight excluding hydrogens is 408 g/mol. The van der Waals surface area contributed by atoms with Crippen molar-refractivity contribution in [2.24, 2.45) is 5.92 Å². The number of aliphatic carboxylic acids is 1. The van der Waals surface area contributed by atoms with E-state index in [1.54, 1.807) is 0 Å². The SMILES string of the molecule is CCc1c(C)nc2cc3c(Cc4ccc([C@@H](C(=O)O)C5CCCC5)cc4)cccc3n2c1C. The zero-order chi connectivity index (χ0) is 23.1. The summed E-state index contributed by atoms with van der Waals surface area (Å²) in [5.74, 6) is -0.806. The largest absolute Gasteiger partial charge is 0.481 e. The van der Waals surface area contributed by atoms with Crippen LogP contribution in [0.2, 0.25) is 0 Å². The molecule has 1 atom stereocenters. The van der Waals surface area contributed by atoms with Crippen molar-refractivity contribution in [3.8, 4) is 0 Å². The summed E-state index contributed by atoms with van der Waals surface area (Å²) in [6.45, 7) is 6.47. The van der Waals surface area contributed by atoms with Crippen LogP contribution < -0.4 is 0 Å². The number of nitrogens with zero attached hydrogens (tertiary/aromatic N) is 2. The highest BCUT2D eigenvalue weighted by Gasteiger charge is 2.31. The van der Waals surface area contributed by atoms with Crippen molar-refractivity contribution in [1.29, 1.82) is 0 Å². The molecule has 4 aromatic rings. The molecule has 1 aliphatic rings. The van der Waals surface area contributed by atoms with Crippen LogP contribution in [0.3, 0.4) is 0 Å². The van der Waals surface area contributed by atoms with Crippen molar-refractivity contribution in [3.63, 3.8) is 0 Å². The molecule has 0 saturated heterocycles. The van der Waals surface area contributed by atoms with Crippen LogP contribution in [0, 0.1) is 19.8 Å². The van der Waals surface area contributed by atoms with Gasteiger partial charge in [-0.25, -0.2) is 4.98 Å². The first-order valence-electron chi connectivity index (χ1n) is 12.2. The van der Waals surface area contributed by atoms with Gasteiger partial charge in [-0.1, -0.05) is 56.2 Å². The van der Waals surface area contributed by atoms with Crippen molar-refractivity contribution >= 4 is 22.5 Å². The minimum Gasteiger partial charge on any atom is -0.481 e. The average Bonchev–Trinajstić information content (AvgIpc) is 3.43. The van der Waals surface area contributed by atoms with E-state index in [9.17, 15) is 9.90 Å². The maximum Gasteiger partial charge on any atom is 0.311 e. The normalized spacial score (nSPS) is 15.5. The molecule has 170 valence electrons. The third kappa shape index (κ3) is 3.82. The molecule has 2 heterocycles. The molecule has 0 aliphatic heterocycles. The second-order valence-electron chi connectivity index (χ2n) is 9.58. The third-order valence-electron chi connectivity index (χ3n) is 7.63. The number of rotatable bonds is 6. The van der Waals surface area contributed by atoms with Gasteiger partial charge in [0.25, 0.3) is 0 Å². The van der Waals surface area contributed by atoms with Gasteiger partial charge in [-0.15, -0.1) is 0 Å². The number of benzene rings is 2. The topological polar surface area (TPSA) is 54.6 Å². The molecule has 5 rings (SSSR count). The van der Waals surface area contributed by atoms with Crippen molar-refractivity contribution < 1.29 is 9.90 Å². The number of hydrogen-bond donors (Lipinski definition) is 1. The summed E-state index contributed by atoms with van der Waals surface area (Å²) in [4.78, 5) is 16.9. The van der Waals surface area contributed by atoms with E-state index in [1.807, 2.05) is 12.1 Å². The van der Waals surface area contributed by atoms with Crippen LogP contribution in [0.15, 0.2) is 48.5 Å². The van der Waals surface area contributed by atoms with E-state index in [1.165, 1.54) is 33.3 Å². The second-order valence-corrected chi connectivity index (χ2v) is 9.58. The van der Waals surface area contributed by atoms with E-state index in [0.29, 0.717) is 0 Å². The molecule has 1 N–H and O–H groups in total. The maximum absolute atomic E-state index is 12.0. The Balaban J connectivity index is 1.49. The summed E-state index contributed by atoms with van der Waals surface area (Å²) in [6.07, 6.45) is 6.14. The monoisotopic (exact) mass is 440 g/mol. The van der Waals surface area contributed by atoms with Crippen LogP contribution in [-0.2, 0) is 17.6 Å². The number of fused-ring (bicyclic) bond motifs is 3. The Morgan fingerprint density at radius 3 is 2.52 bits per heavy atom. The lowest BCUT2D eigenvalue weighted by Crippen LogP contribution is -2.19. The van der Waals surface area contributed by atoms with Crippen molar-refractivity contribution in [2.75, 3.05) is 0 Å². The summed E-state index contributed by atoms with van der Waals surface area (Å²) >= 11 is 0. The quantitative estimate of drug-likeness (QED) is 0.367. The molecule has 0 amide bonds. The predicted octanol–water partition coefficient (Wildman–Crippen LogP) is 6.62. The molecule has 1 fully saturated rings. The van der Waals surface area contributed by atoms with Crippen LogP contribution in [0.5, 0.6) is 0 Å². The van der Waals surface area contributed by atoms with Crippen LogP contribution in [0.1, 0.15) is 72.2 Å². The first kappa shape index (κ1) is 21.7. The number of carbonyl (C=O) groups is 1. The van der Waals surface area contributed by atoms with Crippen molar-refractivity contribution in [2.45, 2.75) is 65.2 Å². The minimum atomic E-state index is -0.690. The number of aryl methyl sites for hydroxylation is 2. The molecule has 1 aliphatic carbocycles. The first-order chi connectivity index (χ1) is 16.0. The average molecular weight is 441 g/mol. The zero-order valence-corrected chi connectivity index (χ0v) is 19.8. The Hall–Kier alpha value is -3.14. The van der Waals surface area contributed by atoms with Crippen LogP contribution in [0.25, 0.3) is 16.6 Å². The Bertz CT molecular complexity index is 1330. The number of aromatic nitrogens is 2. The van der Waals surface area contributed by atoms with E-state index in [2.05, 4.69) is 61.6 Å². The molecule has 4 heteroatoms. The lowest BCUT2D eigenvalue weighted by molar-refractivity contribution is -0.140. The Morgan fingerprint density at radius 2 is 1.85 bits per heavy atom. The van der Waals surface area contributed by atoms with E-state index < -0.39 is 5.97 Å².